The molecule has 0 saturated heterocycles. The van der Waals surface area contributed by atoms with Gasteiger partial charge >= 0.3 is 0 Å². The van der Waals surface area contributed by atoms with Crippen LogP contribution < -0.4 is 9.46 Å². The largest absolute Gasteiger partial charge is 0.492 e. The highest BCUT2D eigenvalue weighted by molar-refractivity contribution is 7.89. The normalized spacial score (nSPS) is 17.9. The smallest absolute Gasteiger partial charge is 0.240 e. The number of para-hydroxylation sites is 1. The molecule has 1 aliphatic rings. The summed E-state index contributed by atoms with van der Waals surface area (Å²) < 4.78 is 32.9. The number of nitrogens with one attached hydrogen (secondary N) is 1. The Bertz CT molecular complexity index is 744. The molecule has 1 heterocycles. The van der Waals surface area contributed by atoms with E-state index in [2.05, 4.69) is 4.72 Å². The van der Waals surface area contributed by atoms with Gasteiger partial charge in [-0.2, -0.15) is 0 Å². The van der Waals surface area contributed by atoms with Crippen molar-refractivity contribution >= 4 is 21.6 Å². The van der Waals surface area contributed by atoms with Crippen molar-refractivity contribution in [2.24, 2.45) is 0 Å². The van der Waals surface area contributed by atoms with Gasteiger partial charge in [0.2, 0.25) is 10.0 Å². The van der Waals surface area contributed by atoms with Crippen molar-refractivity contribution in [1.82, 2.24) is 4.72 Å². The number of fused-ring (bicyclic) bond motifs is 1. The van der Waals surface area contributed by atoms with Crippen molar-refractivity contribution in [1.29, 1.82) is 0 Å². The summed E-state index contributed by atoms with van der Waals surface area (Å²) >= 11 is 5.77. The number of rotatable bonds is 3. The summed E-state index contributed by atoms with van der Waals surface area (Å²) in [6, 6.07) is 13.5. The lowest BCUT2D eigenvalue weighted by atomic mass is 10.0. The molecule has 3 rings (SSSR count). The van der Waals surface area contributed by atoms with E-state index in [0.29, 0.717) is 18.1 Å². The number of ether oxygens (including phenoxy) is 1. The molecule has 0 radical (unpaired) electrons. The molecule has 0 spiro atoms. The Morgan fingerprint density at radius 2 is 1.81 bits per heavy atom. The van der Waals surface area contributed by atoms with E-state index in [0.717, 1.165) is 11.3 Å². The summed E-state index contributed by atoms with van der Waals surface area (Å²) in [4.78, 5) is 0.200. The van der Waals surface area contributed by atoms with Crippen LogP contribution in [0.15, 0.2) is 53.4 Å². The molecule has 0 bridgehead atoms. The molecule has 2 aromatic carbocycles. The SMILES string of the molecule is O=S(=O)(N[C@@H]1COc2ccccc2C1)c1ccc(Cl)cc1. The first-order valence-corrected chi connectivity index (χ1v) is 8.39. The Balaban J connectivity index is 1.77. The Labute approximate surface area is 128 Å². The molecule has 110 valence electrons. The first-order chi connectivity index (χ1) is 10.0. The first-order valence-electron chi connectivity index (χ1n) is 6.53. The summed E-state index contributed by atoms with van der Waals surface area (Å²) in [5, 5.41) is 0.504. The third kappa shape index (κ3) is 3.20. The Morgan fingerprint density at radius 1 is 1.10 bits per heavy atom. The van der Waals surface area contributed by atoms with Crippen LogP contribution >= 0.6 is 11.6 Å². The topological polar surface area (TPSA) is 55.4 Å². The molecule has 0 fully saturated rings. The van der Waals surface area contributed by atoms with Gasteiger partial charge < -0.3 is 4.74 Å². The Morgan fingerprint density at radius 3 is 2.57 bits per heavy atom. The summed E-state index contributed by atoms with van der Waals surface area (Å²) in [6.07, 6.45) is 0.614. The standard InChI is InChI=1S/C15H14ClNO3S/c16-12-5-7-14(8-6-12)21(18,19)17-13-9-11-3-1-2-4-15(11)20-10-13/h1-8,13,17H,9-10H2/t13-/m0/s1. The van der Waals surface area contributed by atoms with Gasteiger partial charge in [0.05, 0.1) is 10.9 Å². The minimum Gasteiger partial charge on any atom is -0.492 e. The van der Waals surface area contributed by atoms with Gasteiger partial charge in [-0.3, -0.25) is 0 Å². The second-order valence-electron chi connectivity index (χ2n) is 4.89. The van der Waals surface area contributed by atoms with Crippen LogP contribution in [0.3, 0.4) is 0 Å². The van der Waals surface area contributed by atoms with Crippen molar-refractivity contribution in [3.63, 3.8) is 0 Å². The number of benzene rings is 2. The third-order valence-corrected chi connectivity index (χ3v) is 5.11. The van der Waals surface area contributed by atoms with E-state index in [1.165, 1.54) is 12.1 Å². The molecule has 0 amide bonds. The molecule has 0 aliphatic carbocycles. The molecular formula is C15H14ClNO3S. The zero-order valence-corrected chi connectivity index (χ0v) is 12.7. The van der Waals surface area contributed by atoms with Crippen molar-refractivity contribution in [2.45, 2.75) is 17.4 Å². The van der Waals surface area contributed by atoms with Gasteiger partial charge in [0, 0.05) is 5.02 Å². The van der Waals surface area contributed by atoms with Gasteiger partial charge in [-0.15, -0.1) is 0 Å². The fraction of sp³-hybridized carbons (Fsp3) is 0.200. The Hall–Kier alpha value is -1.56. The fourth-order valence-corrected chi connectivity index (χ4v) is 3.65. The summed E-state index contributed by atoms with van der Waals surface area (Å²) in [5.74, 6) is 0.819. The molecule has 1 N–H and O–H groups in total. The first kappa shape index (κ1) is 14.4. The highest BCUT2D eigenvalue weighted by Gasteiger charge is 2.25. The van der Waals surface area contributed by atoms with Gasteiger partial charge in [0.15, 0.2) is 0 Å². The lowest BCUT2D eigenvalue weighted by Gasteiger charge is -2.25. The maximum absolute atomic E-state index is 12.3. The maximum Gasteiger partial charge on any atom is 0.240 e. The van der Waals surface area contributed by atoms with Crippen LogP contribution in [0.2, 0.25) is 5.02 Å². The quantitative estimate of drug-likeness (QED) is 0.944. The van der Waals surface area contributed by atoms with Gasteiger partial charge in [-0.05, 0) is 42.3 Å². The molecule has 1 aliphatic heterocycles. The molecule has 0 aromatic heterocycles. The third-order valence-electron chi connectivity index (χ3n) is 3.32. The van der Waals surface area contributed by atoms with Crippen molar-refractivity contribution < 1.29 is 13.2 Å². The fourth-order valence-electron chi connectivity index (χ4n) is 2.30. The van der Waals surface area contributed by atoms with Crippen molar-refractivity contribution in [2.75, 3.05) is 6.61 Å². The predicted molar refractivity (Wildman–Crippen MR) is 81.2 cm³/mol. The number of hydrogen-bond donors (Lipinski definition) is 1. The van der Waals surface area contributed by atoms with Crippen molar-refractivity contribution in [3.8, 4) is 5.75 Å². The molecule has 6 heteroatoms. The van der Waals surface area contributed by atoms with Crippen molar-refractivity contribution in [3.05, 3.63) is 59.1 Å². The highest BCUT2D eigenvalue weighted by Crippen LogP contribution is 2.24. The minimum absolute atomic E-state index is 0.200. The zero-order valence-electron chi connectivity index (χ0n) is 11.1. The average Bonchev–Trinajstić information content (AvgIpc) is 2.47. The van der Waals surface area contributed by atoms with E-state index < -0.39 is 10.0 Å². The van der Waals surface area contributed by atoms with Crippen LogP contribution in [-0.2, 0) is 16.4 Å². The van der Waals surface area contributed by atoms with Gasteiger partial charge in [0.1, 0.15) is 12.4 Å². The van der Waals surface area contributed by atoms with Gasteiger partial charge in [-0.25, -0.2) is 13.1 Å². The number of halogens is 1. The number of hydrogen-bond acceptors (Lipinski definition) is 3. The van der Waals surface area contributed by atoms with Crippen LogP contribution in [0.25, 0.3) is 0 Å². The van der Waals surface area contributed by atoms with E-state index in [1.807, 2.05) is 24.3 Å². The molecule has 1 atom stereocenters. The monoisotopic (exact) mass is 323 g/mol. The number of sulfonamides is 1. The lowest BCUT2D eigenvalue weighted by Crippen LogP contribution is -2.42. The minimum atomic E-state index is -3.57. The van der Waals surface area contributed by atoms with E-state index in [9.17, 15) is 8.42 Å². The van der Waals surface area contributed by atoms with Gasteiger partial charge in [-0.1, -0.05) is 29.8 Å². The Kier molecular flexibility index (Phi) is 3.89. The van der Waals surface area contributed by atoms with Crippen LogP contribution in [0.5, 0.6) is 5.75 Å². The lowest BCUT2D eigenvalue weighted by molar-refractivity contribution is 0.254. The summed E-state index contributed by atoms with van der Waals surface area (Å²) in [7, 11) is -3.57. The highest BCUT2D eigenvalue weighted by atomic mass is 35.5. The zero-order chi connectivity index (χ0) is 14.9. The molecular weight excluding hydrogens is 310 g/mol. The van der Waals surface area contributed by atoms with Crippen LogP contribution in [-0.4, -0.2) is 21.1 Å². The maximum atomic E-state index is 12.3. The summed E-state index contributed by atoms with van der Waals surface area (Å²) in [5.41, 5.74) is 1.01. The molecule has 21 heavy (non-hydrogen) atoms. The van der Waals surface area contributed by atoms with E-state index in [1.54, 1.807) is 12.1 Å². The van der Waals surface area contributed by atoms with Crippen LogP contribution in [0.1, 0.15) is 5.56 Å². The van der Waals surface area contributed by atoms with E-state index in [-0.39, 0.29) is 10.9 Å². The van der Waals surface area contributed by atoms with Crippen LogP contribution in [0, 0.1) is 0 Å². The summed E-state index contributed by atoms with van der Waals surface area (Å²) in [6.45, 7) is 0.323. The molecule has 0 saturated carbocycles. The van der Waals surface area contributed by atoms with E-state index in [4.69, 9.17) is 16.3 Å². The molecule has 4 nitrogen and oxygen atoms in total. The van der Waals surface area contributed by atoms with Gasteiger partial charge in [0.25, 0.3) is 0 Å². The molecule has 0 unspecified atom stereocenters. The van der Waals surface area contributed by atoms with Crippen LogP contribution in [0.4, 0.5) is 0 Å². The molecule has 2 aromatic rings. The predicted octanol–water partition coefficient (Wildman–Crippen LogP) is 2.62. The second kappa shape index (κ2) is 5.67. The van der Waals surface area contributed by atoms with E-state index >= 15 is 0 Å². The average molecular weight is 324 g/mol. The second-order valence-corrected chi connectivity index (χ2v) is 7.05.